The molecule has 8 heteroatoms. The van der Waals surface area contributed by atoms with E-state index in [0.29, 0.717) is 5.56 Å². The number of amides is 1. The van der Waals surface area contributed by atoms with Crippen molar-refractivity contribution in [1.29, 1.82) is 0 Å². The number of nitro groups is 1. The largest absolute Gasteiger partial charge is 0.444 e. The molecule has 0 atom stereocenters. The SMILES string of the molecule is CN1CCN(c2cc(NC(=O)OC(C)(C)C)c([N+](=O)[O-])cc2C#Cc2ccccc2)CC1. The van der Waals surface area contributed by atoms with Crippen LogP contribution in [-0.2, 0) is 4.74 Å². The van der Waals surface area contributed by atoms with Crippen LogP contribution in [0.3, 0.4) is 0 Å². The Hall–Kier alpha value is -3.57. The Balaban J connectivity index is 2.04. The molecular weight excluding hydrogens is 408 g/mol. The van der Waals surface area contributed by atoms with Crippen molar-refractivity contribution in [3.05, 3.63) is 63.7 Å². The molecule has 0 radical (unpaired) electrons. The minimum Gasteiger partial charge on any atom is -0.444 e. The van der Waals surface area contributed by atoms with Crippen molar-refractivity contribution >= 4 is 23.2 Å². The van der Waals surface area contributed by atoms with E-state index in [9.17, 15) is 14.9 Å². The van der Waals surface area contributed by atoms with E-state index in [4.69, 9.17) is 4.74 Å². The van der Waals surface area contributed by atoms with Crippen LogP contribution < -0.4 is 10.2 Å². The zero-order valence-corrected chi connectivity index (χ0v) is 18.8. The number of hydrogen-bond acceptors (Lipinski definition) is 6. The van der Waals surface area contributed by atoms with Gasteiger partial charge in [0.15, 0.2) is 0 Å². The molecule has 0 bridgehead atoms. The number of nitro benzene ring substituents is 1. The van der Waals surface area contributed by atoms with Gasteiger partial charge in [0.1, 0.15) is 11.3 Å². The maximum absolute atomic E-state index is 12.3. The van der Waals surface area contributed by atoms with Crippen LogP contribution in [0.2, 0.25) is 0 Å². The Kier molecular flexibility index (Phi) is 7.01. The molecule has 2 aromatic rings. The van der Waals surface area contributed by atoms with Gasteiger partial charge in [-0.15, -0.1) is 0 Å². The molecule has 2 aromatic carbocycles. The summed E-state index contributed by atoms with van der Waals surface area (Å²) in [6.07, 6.45) is -0.743. The molecule has 32 heavy (non-hydrogen) atoms. The summed E-state index contributed by atoms with van der Waals surface area (Å²) in [5.74, 6) is 6.18. The Labute approximate surface area is 188 Å². The predicted molar refractivity (Wildman–Crippen MR) is 125 cm³/mol. The van der Waals surface area contributed by atoms with Crippen molar-refractivity contribution in [3.63, 3.8) is 0 Å². The Morgan fingerprint density at radius 2 is 1.75 bits per heavy atom. The van der Waals surface area contributed by atoms with Crippen LogP contribution >= 0.6 is 0 Å². The highest BCUT2D eigenvalue weighted by molar-refractivity contribution is 5.90. The first-order chi connectivity index (χ1) is 15.1. The van der Waals surface area contributed by atoms with Gasteiger partial charge < -0.3 is 14.5 Å². The normalized spacial score (nSPS) is 14.3. The monoisotopic (exact) mass is 436 g/mol. The third-order valence-corrected chi connectivity index (χ3v) is 4.91. The number of nitrogens with zero attached hydrogens (tertiary/aromatic N) is 3. The highest BCUT2D eigenvalue weighted by Gasteiger charge is 2.25. The van der Waals surface area contributed by atoms with E-state index in [0.717, 1.165) is 37.4 Å². The summed E-state index contributed by atoms with van der Waals surface area (Å²) in [7, 11) is 2.05. The fourth-order valence-corrected chi connectivity index (χ4v) is 3.31. The summed E-state index contributed by atoms with van der Waals surface area (Å²) >= 11 is 0. The third-order valence-electron chi connectivity index (χ3n) is 4.91. The van der Waals surface area contributed by atoms with E-state index in [2.05, 4.69) is 34.0 Å². The molecule has 1 N–H and O–H groups in total. The van der Waals surface area contributed by atoms with Gasteiger partial charge in [-0.25, -0.2) is 4.79 Å². The van der Waals surface area contributed by atoms with Gasteiger partial charge in [0.2, 0.25) is 0 Å². The van der Waals surface area contributed by atoms with Crippen molar-refractivity contribution < 1.29 is 14.5 Å². The summed E-state index contributed by atoms with van der Waals surface area (Å²) in [5, 5.41) is 14.3. The van der Waals surface area contributed by atoms with Crippen molar-refractivity contribution in [2.75, 3.05) is 43.4 Å². The summed E-state index contributed by atoms with van der Waals surface area (Å²) in [6, 6.07) is 12.5. The zero-order chi connectivity index (χ0) is 23.3. The number of piperazine rings is 1. The van der Waals surface area contributed by atoms with Crippen molar-refractivity contribution in [3.8, 4) is 11.8 Å². The first kappa shape index (κ1) is 23.1. The average Bonchev–Trinajstić information content (AvgIpc) is 2.72. The molecule has 1 aliphatic heterocycles. The molecule has 1 fully saturated rings. The van der Waals surface area contributed by atoms with E-state index < -0.39 is 16.6 Å². The van der Waals surface area contributed by atoms with E-state index in [1.807, 2.05) is 30.3 Å². The van der Waals surface area contributed by atoms with E-state index >= 15 is 0 Å². The fourth-order valence-electron chi connectivity index (χ4n) is 3.31. The smallest absolute Gasteiger partial charge is 0.412 e. The van der Waals surface area contributed by atoms with Gasteiger partial charge in [0.25, 0.3) is 5.69 Å². The number of carbonyl (C=O) groups is 1. The number of anilines is 2. The number of hydrogen-bond donors (Lipinski definition) is 1. The lowest BCUT2D eigenvalue weighted by atomic mass is 10.1. The number of benzene rings is 2. The average molecular weight is 437 g/mol. The van der Waals surface area contributed by atoms with Crippen LogP contribution in [0.25, 0.3) is 0 Å². The second-order valence-electron chi connectivity index (χ2n) is 8.68. The number of ether oxygens (including phenoxy) is 1. The summed E-state index contributed by atoms with van der Waals surface area (Å²) in [5.41, 5.74) is 1.24. The molecule has 0 aliphatic carbocycles. The Morgan fingerprint density at radius 1 is 1.09 bits per heavy atom. The third kappa shape index (κ3) is 6.22. The first-order valence-corrected chi connectivity index (χ1v) is 10.5. The summed E-state index contributed by atoms with van der Waals surface area (Å²) < 4.78 is 5.29. The van der Waals surface area contributed by atoms with Crippen molar-refractivity contribution in [2.45, 2.75) is 26.4 Å². The number of carbonyl (C=O) groups excluding carboxylic acids is 1. The molecular formula is C24H28N4O4. The molecule has 0 saturated carbocycles. The molecule has 1 amide bonds. The van der Waals surface area contributed by atoms with Crippen LogP contribution in [0.4, 0.5) is 21.9 Å². The zero-order valence-electron chi connectivity index (χ0n) is 18.8. The van der Waals surface area contributed by atoms with Gasteiger partial charge in [0.05, 0.1) is 16.2 Å². The minimum absolute atomic E-state index is 0.0865. The number of nitrogens with one attached hydrogen (secondary N) is 1. The van der Waals surface area contributed by atoms with Gasteiger partial charge in [0, 0.05) is 37.8 Å². The van der Waals surface area contributed by atoms with E-state index in [-0.39, 0.29) is 11.4 Å². The van der Waals surface area contributed by atoms with Crippen molar-refractivity contribution in [1.82, 2.24) is 4.90 Å². The maximum atomic E-state index is 12.3. The topological polar surface area (TPSA) is 88.0 Å². The Bertz CT molecular complexity index is 1040. The molecule has 168 valence electrons. The number of rotatable bonds is 3. The quantitative estimate of drug-likeness (QED) is 0.443. The first-order valence-electron chi connectivity index (χ1n) is 10.5. The van der Waals surface area contributed by atoms with Gasteiger partial charge >= 0.3 is 6.09 Å². The molecule has 1 aliphatic rings. The molecule has 0 unspecified atom stereocenters. The Morgan fingerprint density at radius 3 is 2.34 bits per heavy atom. The molecule has 0 spiro atoms. The van der Waals surface area contributed by atoms with Crippen LogP contribution in [0, 0.1) is 22.0 Å². The van der Waals surface area contributed by atoms with E-state index in [1.54, 1.807) is 26.8 Å². The second kappa shape index (κ2) is 9.71. The van der Waals surface area contributed by atoms with Gasteiger partial charge in [-0.3, -0.25) is 15.4 Å². The van der Waals surface area contributed by atoms with Gasteiger partial charge in [-0.2, -0.15) is 0 Å². The lowest BCUT2D eigenvalue weighted by Gasteiger charge is -2.34. The lowest BCUT2D eigenvalue weighted by molar-refractivity contribution is -0.383. The molecule has 3 rings (SSSR count). The van der Waals surface area contributed by atoms with E-state index in [1.165, 1.54) is 6.07 Å². The lowest BCUT2D eigenvalue weighted by Crippen LogP contribution is -2.44. The fraction of sp³-hybridized carbons (Fsp3) is 0.375. The summed E-state index contributed by atoms with van der Waals surface area (Å²) in [4.78, 5) is 28.0. The molecule has 8 nitrogen and oxygen atoms in total. The maximum Gasteiger partial charge on any atom is 0.412 e. The highest BCUT2D eigenvalue weighted by Crippen LogP contribution is 2.34. The predicted octanol–water partition coefficient (Wildman–Crippen LogP) is 4.09. The summed E-state index contributed by atoms with van der Waals surface area (Å²) in [6.45, 7) is 8.42. The molecule has 0 aromatic heterocycles. The number of likely N-dealkylation sites (N-methyl/N-ethyl adjacent to an activating group) is 1. The molecule has 1 saturated heterocycles. The standard InChI is InChI=1S/C24H28N4O4/c1-24(2,3)32-23(29)25-20-17-21(27-14-12-26(4)13-15-27)19(16-22(20)28(30)31)11-10-18-8-6-5-7-9-18/h5-9,16-17H,12-15H2,1-4H3,(H,25,29). The van der Waals surface area contributed by atoms with Gasteiger partial charge in [-0.1, -0.05) is 30.0 Å². The van der Waals surface area contributed by atoms with Crippen LogP contribution in [-0.4, -0.2) is 54.7 Å². The minimum atomic E-state index is -0.743. The van der Waals surface area contributed by atoms with Gasteiger partial charge in [-0.05, 0) is 46.0 Å². The molecule has 1 heterocycles. The van der Waals surface area contributed by atoms with Crippen LogP contribution in [0.15, 0.2) is 42.5 Å². The van der Waals surface area contributed by atoms with Crippen molar-refractivity contribution in [2.24, 2.45) is 0 Å². The van der Waals surface area contributed by atoms with Crippen LogP contribution in [0.5, 0.6) is 0 Å². The second-order valence-corrected chi connectivity index (χ2v) is 8.68. The highest BCUT2D eigenvalue weighted by atomic mass is 16.6. The van der Waals surface area contributed by atoms with Crippen LogP contribution in [0.1, 0.15) is 31.9 Å².